The number of sulfonamides is 2. The second-order valence-corrected chi connectivity index (χ2v) is 10.2. The molecule has 0 saturated carbocycles. The quantitative estimate of drug-likeness (QED) is 0.864. The van der Waals surface area contributed by atoms with E-state index in [1.165, 1.54) is 10.6 Å². The third-order valence-electron chi connectivity index (χ3n) is 4.60. The molecule has 26 heavy (non-hydrogen) atoms. The average Bonchev–Trinajstić information content (AvgIpc) is 2.55. The van der Waals surface area contributed by atoms with Crippen LogP contribution < -0.4 is 9.03 Å². The van der Waals surface area contributed by atoms with Gasteiger partial charge in [-0.3, -0.25) is 9.03 Å². The predicted molar refractivity (Wildman–Crippen MR) is 104 cm³/mol. The predicted octanol–water partition coefficient (Wildman–Crippen LogP) is 2.82. The summed E-state index contributed by atoms with van der Waals surface area (Å²) in [5.74, 6) is 0. The molecule has 0 saturated heterocycles. The first-order chi connectivity index (χ1) is 12.1. The second kappa shape index (κ2) is 6.59. The number of benzene rings is 2. The zero-order chi connectivity index (χ0) is 19.1. The van der Waals surface area contributed by atoms with Crippen molar-refractivity contribution in [2.75, 3.05) is 21.8 Å². The molecule has 140 valence electrons. The number of rotatable bonds is 4. The number of anilines is 2. The van der Waals surface area contributed by atoms with Gasteiger partial charge in [-0.1, -0.05) is 6.07 Å². The van der Waals surface area contributed by atoms with E-state index in [0.717, 1.165) is 16.7 Å². The zero-order valence-electron chi connectivity index (χ0n) is 15.0. The monoisotopic (exact) mass is 394 g/mol. The van der Waals surface area contributed by atoms with Crippen molar-refractivity contribution in [3.8, 4) is 0 Å². The van der Waals surface area contributed by atoms with Gasteiger partial charge in [0.05, 0.1) is 16.8 Å². The first-order valence-electron chi connectivity index (χ1n) is 8.29. The fourth-order valence-electron chi connectivity index (χ4n) is 3.07. The normalized spacial score (nSPS) is 14.8. The number of nitrogens with zero attached hydrogens (tertiary/aromatic N) is 1. The first-order valence-corrected chi connectivity index (χ1v) is 11.6. The fourth-order valence-corrected chi connectivity index (χ4v) is 5.20. The summed E-state index contributed by atoms with van der Waals surface area (Å²) < 4.78 is 53.1. The van der Waals surface area contributed by atoms with E-state index in [1.54, 1.807) is 36.4 Å². The summed E-state index contributed by atoms with van der Waals surface area (Å²) in [6.07, 6.45) is 2.59. The van der Waals surface area contributed by atoms with Gasteiger partial charge in [-0.25, -0.2) is 16.8 Å². The third kappa shape index (κ3) is 3.71. The third-order valence-corrected chi connectivity index (χ3v) is 7.16. The Morgan fingerprint density at radius 1 is 0.962 bits per heavy atom. The van der Waals surface area contributed by atoms with Gasteiger partial charge in [0.2, 0.25) is 10.0 Å². The van der Waals surface area contributed by atoms with Crippen molar-refractivity contribution in [2.45, 2.75) is 31.6 Å². The largest absolute Gasteiger partial charge is 0.280 e. The Morgan fingerprint density at radius 3 is 2.35 bits per heavy atom. The molecule has 0 aliphatic carbocycles. The number of aryl methyl sites for hydroxylation is 3. The van der Waals surface area contributed by atoms with Gasteiger partial charge in [0.1, 0.15) is 0 Å². The first kappa shape index (κ1) is 18.7. The Hall–Kier alpha value is -2.06. The number of hydrogen-bond donors (Lipinski definition) is 1. The summed E-state index contributed by atoms with van der Waals surface area (Å²) in [7, 11) is -7.05. The van der Waals surface area contributed by atoms with Crippen LogP contribution in [0.5, 0.6) is 0 Å². The molecule has 6 nitrogen and oxygen atoms in total. The molecule has 0 atom stereocenters. The van der Waals surface area contributed by atoms with E-state index in [4.69, 9.17) is 0 Å². The molecule has 2 aromatic rings. The van der Waals surface area contributed by atoms with Crippen molar-refractivity contribution in [1.29, 1.82) is 0 Å². The van der Waals surface area contributed by atoms with E-state index >= 15 is 0 Å². The molecule has 0 unspecified atom stereocenters. The Bertz CT molecular complexity index is 1060. The van der Waals surface area contributed by atoms with Crippen molar-refractivity contribution in [2.24, 2.45) is 0 Å². The van der Waals surface area contributed by atoms with E-state index in [-0.39, 0.29) is 4.90 Å². The van der Waals surface area contributed by atoms with Gasteiger partial charge in [-0.15, -0.1) is 0 Å². The molecular formula is C18H22N2O4S2. The second-order valence-electron chi connectivity index (χ2n) is 6.63. The Morgan fingerprint density at radius 2 is 1.69 bits per heavy atom. The van der Waals surface area contributed by atoms with Crippen LogP contribution in [-0.4, -0.2) is 29.6 Å². The van der Waals surface area contributed by atoms with Gasteiger partial charge < -0.3 is 0 Å². The molecule has 1 heterocycles. The van der Waals surface area contributed by atoms with Gasteiger partial charge in [0, 0.05) is 12.2 Å². The Balaban J connectivity index is 1.93. The van der Waals surface area contributed by atoms with E-state index in [0.29, 0.717) is 30.8 Å². The lowest BCUT2D eigenvalue weighted by molar-refractivity contribution is 0.592. The summed E-state index contributed by atoms with van der Waals surface area (Å²) in [4.78, 5) is 0.205. The van der Waals surface area contributed by atoms with Crippen LogP contribution in [0, 0.1) is 13.8 Å². The highest BCUT2D eigenvalue weighted by Gasteiger charge is 2.24. The minimum Gasteiger partial charge on any atom is -0.280 e. The SMILES string of the molecule is Cc1ccc(S(=O)(=O)Nc2ccc3c(c2)CCCN3S(C)(=O)=O)cc1C. The van der Waals surface area contributed by atoms with Crippen molar-refractivity contribution in [3.63, 3.8) is 0 Å². The molecular weight excluding hydrogens is 372 g/mol. The highest BCUT2D eigenvalue weighted by Crippen LogP contribution is 2.32. The van der Waals surface area contributed by atoms with E-state index in [9.17, 15) is 16.8 Å². The molecule has 0 amide bonds. The molecule has 0 bridgehead atoms. The lowest BCUT2D eigenvalue weighted by Gasteiger charge is -2.29. The molecule has 0 radical (unpaired) electrons. The van der Waals surface area contributed by atoms with Crippen LogP contribution >= 0.6 is 0 Å². The average molecular weight is 395 g/mol. The number of fused-ring (bicyclic) bond motifs is 1. The van der Waals surface area contributed by atoms with Crippen LogP contribution in [-0.2, 0) is 26.5 Å². The lowest BCUT2D eigenvalue weighted by Crippen LogP contribution is -2.34. The summed E-state index contributed by atoms with van der Waals surface area (Å²) in [6.45, 7) is 4.24. The molecule has 1 aliphatic rings. The summed E-state index contributed by atoms with van der Waals surface area (Å²) in [6, 6.07) is 9.97. The van der Waals surface area contributed by atoms with E-state index < -0.39 is 20.0 Å². The number of hydrogen-bond acceptors (Lipinski definition) is 4. The van der Waals surface area contributed by atoms with Crippen LogP contribution in [0.4, 0.5) is 11.4 Å². The molecule has 0 aromatic heterocycles. The maximum absolute atomic E-state index is 12.6. The summed E-state index contributed by atoms with van der Waals surface area (Å²) in [5, 5.41) is 0. The molecule has 1 N–H and O–H groups in total. The molecule has 0 fully saturated rings. The van der Waals surface area contributed by atoms with Crippen molar-refractivity contribution in [3.05, 3.63) is 53.1 Å². The Kier molecular flexibility index (Phi) is 4.74. The van der Waals surface area contributed by atoms with Crippen LogP contribution in [0.1, 0.15) is 23.1 Å². The lowest BCUT2D eigenvalue weighted by atomic mass is 10.0. The van der Waals surface area contributed by atoms with Crippen LogP contribution in [0.3, 0.4) is 0 Å². The van der Waals surface area contributed by atoms with Gasteiger partial charge in [0.25, 0.3) is 10.0 Å². The van der Waals surface area contributed by atoms with Crippen LogP contribution in [0.15, 0.2) is 41.3 Å². The van der Waals surface area contributed by atoms with Crippen molar-refractivity contribution < 1.29 is 16.8 Å². The zero-order valence-corrected chi connectivity index (χ0v) is 16.6. The number of nitrogens with one attached hydrogen (secondary N) is 1. The molecule has 3 rings (SSSR count). The van der Waals surface area contributed by atoms with Gasteiger partial charge in [0.15, 0.2) is 0 Å². The van der Waals surface area contributed by atoms with Crippen molar-refractivity contribution >= 4 is 31.4 Å². The minimum absolute atomic E-state index is 0.205. The van der Waals surface area contributed by atoms with Gasteiger partial charge in [-0.05, 0) is 73.7 Å². The molecule has 2 aromatic carbocycles. The topological polar surface area (TPSA) is 83.6 Å². The molecule has 8 heteroatoms. The molecule has 0 spiro atoms. The maximum Gasteiger partial charge on any atom is 0.261 e. The minimum atomic E-state index is -3.70. The Labute approximate surface area is 155 Å². The van der Waals surface area contributed by atoms with Crippen LogP contribution in [0.2, 0.25) is 0 Å². The fraction of sp³-hybridized carbons (Fsp3) is 0.333. The maximum atomic E-state index is 12.6. The van der Waals surface area contributed by atoms with Gasteiger partial charge >= 0.3 is 0 Å². The van der Waals surface area contributed by atoms with Crippen molar-refractivity contribution in [1.82, 2.24) is 0 Å². The summed E-state index contributed by atoms with van der Waals surface area (Å²) in [5.41, 5.74) is 3.80. The molecule has 1 aliphatic heterocycles. The van der Waals surface area contributed by atoms with E-state index in [1.807, 2.05) is 13.8 Å². The standard InChI is InChI=1S/C18H22N2O4S2/c1-13-6-8-17(11-14(13)2)26(23,24)19-16-7-9-18-15(12-16)5-4-10-20(18)25(3,21)22/h6-9,11-12,19H,4-5,10H2,1-3H3. The van der Waals surface area contributed by atoms with E-state index in [2.05, 4.69) is 4.72 Å². The highest BCUT2D eigenvalue weighted by atomic mass is 32.2. The highest BCUT2D eigenvalue weighted by molar-refractivity contribution is 7.92. The smallest absolute Gasteiger partial charge is 0.261 e. The summed E-state index contributed by atoms with van der Waals surface area (Å²) >= 11 is 0. The van der Waals surface area contributed by atoms with Crippen LogP contribution in [0.25, 0.3) is 0 Å². The van der Waals surface area contributed by atoms with Gasteiger partial charge in [-0.2, -0.15) is 0 Å².